The molecule has 0 radical (unpaired) electrons. The molecule has 2 aliphatic heterocycles. The number of ether oxygens (including phenoxy) is 3. The highest BCUT2D eigenvalue weighted by molar-refractivity contribution is 8.14. The van der Waals surface area contributed by atoms with Crippen LogP contribution >= 0.6 is 11.8 Å². The zero-order chi connectivity index (χ0) is 21.7. The molecule has 30 heavy (non-hydrogen) atoms. The third kappa shape index (κ3) is 4.26. The monoisotopic (exact) mass is 427 g/mol. The van der Waals surface area contributed by atoms with Gasteiger partial charge in [0.25, 0.3) is 0 Å². The van der Waals surface area contributed by atoms with Crippen LogP contribution < -0.4 is 14.2 Å². The molecule has 2 heterocycles. The number of nitrogens with zero attached hydrogens (tertiary/aromatic N) is 2. The second kappa shape index (κ2) is 9.89. The van der Waals surface area contributed by atoms with Gasteiger partial charge in [0, 0.05) is 23.5 Å². The quantitative estimate of drug-likeness (QED) is 0.718. The Hall–Kier alpha value is -2.67. The number of nitrogens with one attached hydrogen (secondary N) is 1. The minimum Gasteiger partial charge on any atom is -0.493 e. The van der Waals surface area contributed by atoms with Crippen LogP contribution in [0.2, 0.25) is 0 Å². The van der Waals surface area contributed by atoms with E-state index in [1.165, 1.54) is 18.2 Å². The van der Waals surface area contributed by atoms with Crippen LogP contribution in [-0.2, 0) is 0 Å². The van der Waals surface area contributed by atoms with Crippen molar-refractivity contribution in [3.8, 4) is 28.4 Å². The zero-order valence-corrected chi connectivity index (χ0v) is 19.1. The molecule has 0 aliphatic carbocycles. The van der Waals surface area contributed by atoms with Crippen molar-refractivity contribution in [2.45, 2.75) is 31.6 Å². The van der Waals surface area contributed by atoms with Crippen LogP contribution in [-0.4, -0.2) is 50.3 Å². The molecule has 1 N–H and O–H groups in total. The van der Waals surface area contributed by atoms with Crippen molar-refractivity contribution in [2.24, 2.45) is 4.99 Å². The van der Waals surface area contributed by atoms with E-state index < -0.39 is 0 Å². The Balaban J connectivity index is 0.000000806. The van der Waals surface area contributed by atoms with Gasteiger partial charge < -0.3 is 19.1 Å². The average Bonchev–Trinajstić information content (AvgIpc) is 2.78. The van der Waals surface area contributed by atoms with Crippen LogP contribution in [0.5, 0.6) is 17.2 Å². The number of hydrogen-bond donors (Lipinski definition) is 1. The third-order valence-corrected chi connectivity index (χ3v) is 5.70. The van der Waals surface area contributed by atoms with Crippen LogP contribution in [0, 0.1) is 5.41 Å². The molecule has 0 amide bonds. The lowest BCUT2D eigenvalue weighted by molar-refractivity contribution is 0.324. The van der Waals surface area contributed by atoms with Gasteiger partial charge >= 0.3 is 0 Å². The van der Waals surface area contributed by atoms with Crippen molar-refractivity contribution < 1.29 is 14.2 Å². The van der Waals surface area contributed by atoms with E-state index in [4.69, 9.17) is 19.6 Å². The van der Waals surface area contributed by atoms with E-state index in [1.54, 1.807) is 21.3 Å². The summed E-state index contributed by atoms with van der Waals surface area (Å²) >= 11 is 1.48. The largest absolute Gasteiger partial charge is 0.493 e. The second-order valence-corrected chi connectivity index (χ2v) is 7.98. The first-order chi connectivity index (χ1) is 14.6. The number of fused-ring (bicyclic) bond motifs is 3. The molecule has 0 bridgehead atoms. The highest BCUT2D eigenvalue weighted by Gasteiger charge is 2.29. The van der Waals surface area contributed by atoms with Gasteiger partial charge in [-0.1, -0.05) is 38.1 Å². The fraction of sp³-hybridized carbons (Fsp3) is 0.391. The van der Waals surface area contributed by atoms with Gasteiger partial charge in [0.2, 0.25) is 5.75 Å². The molecule has 0 atom stereocenters. The SMILES string of the molecule is CCC.COc1cc(-c2ccc3c(c2)SC(=N)N2CCCN=C32)cc(OC)c1OC. The normalized spacial score (nSPS) is 14.6. The fourth-order valence-electron chi connectivity index (χ4n) is 3.41. The Kier molecular flexibility index (Phi) is 7.26. The highest BCUT2D eigenvalue weighted by Crippen LogP contribution is 2.43. The molecular weight excluding hydrogens is 398 g/mol. The van der Waals surface area contributed by atoms with Crippen LogP contribution in [0.15, 0.2) is 40.2 Å². The predicted octanol–water partition coefficient (Wildman–Crippen LogP) is 5.29. The van der Waals surface area contributed by atoms with Gasteiger partial charge in [-0.2, -0.15) is 0 Å². The summed E-state index contributed by atoms with van der Waals surface area (Å²) in [6.45, 7) is 5.93. The summed E-state index contributed by atoms with van der Waals surface area (Å²) in [7, 11) is 4.82. The number of thioether (sulfide) groups is 1. The molecule has 0 aromatic heterocycles. The van der Waals surface area contributed by atoms with E-state index in [1.807, 2.05) is 17.0 Å². The van der Waals surface area contributed by atoms with Crippen molar-refractivity contribution in [1.82, 2.24) is 4.90 Å². The molecule has 0 saturated heterocycles. The maximum Gasteiger partial charge on any atom is 0.203 e. The van der Waals surface area contributed by atoms with Gasteiger partial charge in [-0.15, -0.1) is 0 Å². The summed E-state index contributed by atoms with van der Waals surface area (Å²) in [5.74, 6) is 2.72. The molecule has 0 spiro atoms. The molecule has 7 heteroatoms. The van der Waals surface area contributed by atoms with Gasteiger partial charge in [0.15, 0.2) is 16.7 Å². The van der Waals surface area contributed by atoms with E-state index in [9.17, 15) is 0 Å². The van der Waals surface area contributed by atoms with Gasteiger partial charge in [0.1, 0.15) is 5.84 Å². The number of amidine groups is 2. The van der Waals surface area contributed by atoms with Gasteiger partial charge in [-0.05, 0) is 41.8 Å². The van der Waals surface area contributed by atoms with Gasteiger partial charge in [-0.3, -0.25) is 10.4 Å². The maximum absolute atomic E-state index is 8.35. The minimum absolute atomic E-state index is 0.531. The van der Waals surface area contributed by atoms with Crippen LogP contribution in [0.3, 0.4) is 0 Å². The molecule has 160 valence electrons. The lowest BCUT2D eigenvalue weighted by Crippen LogP contribution is -2.42. The molecule has 0 unspecified atom stereocenters. The van der Waals surface area contributed by atoms with E-state index in [2.05, 4.69) is 37.0 Å². The van der Waals surface area contributed by atoms with E-state index in [0.717, 1.165) is 46.9 Å². The number of hydrogen-bond acceptors (Lipinski definition) is 6. The van der Waals surface area contributed by atoms with E-state index >= 15 is 0 Å². The van der Waals surface area contributed by atoms with Crippen LogP contribution in [0.4, 0.5) is 0 Å². The summed E-state index contributed by atoms with van der Waals surface area (Å²) in [6, 6.07) is 10.1. The third-order valence-electron chi connectivity index (χ3n) is 4.73. The van der Waals surface area contributed by atoms with Crippen molar-refractivity contribution in [2.75, 3.05) is 34.4 Å². The van der Waals surface area contributed by atoms with E-state index in [0.29, 0.717) is 22.4 Å². The summed E-state index contributed by atoms with van der Waals surface area (Å²) in [4.78, 5) is 7.70. The van der Waals surface area contributed by atoms with Crippen LogP contribution in [0.1, 0.15) is 32.3 Å². The lowest BCUT2D eigenvalue weighted by atomic mass is 10.0. The standard InChI is InChI=1S/C20H21N3O3S.C3H8/c1-24-15-9-13(10-16(25-2)18(15)26-3)12-5-6-14-17(11-12)27-20(21)23-8-4-7-22-19(14)23;1-3-2/h5-6,9-11,21H,4,7-8H2,1-3H3;3H2,1-2H3. The van der Waals surface area contributed by atoms with Crippen molar-refractivity contribution >= 4 is 22.8 Å². The van der Waals surface area contributed by atoms with Crippen molar-refractivity contribution in [3.63, 3.8) is 0 Å². The number of methoxy groups -OCH3 is 3. The Labute approximate surface area is 182 Å². The predicted molar refractivity (Wildman–Crippen MR) is 124 cm³/mol. The minimum atomic E-state index is 0.531. The first-order valence-corrected chi connectivity index (χ1v) is 10.9. The summed E-state index contributed by atoms with van der Waals surface area (Å²) in [5, 5.41) is 8.88. The molecule has 0 fully saturated rings. The number of aliphatic imine (C=N–C) groups is 1. The second-order valence-electron chi connectivity index (χ2n) is 6.95. The molecule has 2 aliphatic rings. The molecule has 0 saturated carbocycles. The van der Waals surface area contributed by atoms with Gasteiger partial charge in [-0.25, -0.2) is 0 Å². The first-order valence-electron chi connectivity index (χ1n) is 10.1. The molecular formula is C23H29N3O3S. The molecule has 2 aromatic rings. The Bertz CT molecular complexity index is 934. The zero-order valence-electron chi connectivity index (χ0n) is 18.2. The summed E-state index contributed by atoms with van der Waals surface area (Å²) in [6.07, 6.45) is 2.24. The average molecular weight is 428 g/mol. The molecule has 6 nitrogen and oxygen atoms in total. The fourth-order valence-corrected chi connectivity index (χ4v) is 4.36. The topological polar surface area (TPSA) is 67.1 Å². The Morgan fingerprint density at radius 1 is 1.00 bits per heavy atom. The highest BCUT2D eigenvalue weighted by atomic mass is 32.2. The van der Waals surface area contributed by atoms with E-state index in [-0.39, 0.29) is 0 Å². The van der Waals surface area contributed by atoms with Crippen molar-refractivity contribution in [1.29, 1.82) is 5.41 Å². The first kappa shape index (κ1) is 22.0. The lowest BCUT2D eigenvalue weighted by Gasteiger charge is -2.34. The Morgan fingerprint density at radius 3 is 2.27 bits per heavy atom. The Morgan fingerprint density at radius 2 is 1.67 bits per heavy atom. The number of rotatable bonds is 4. The van der Waals surface area contributed by atoms with Crippen LogP contribution in [0.25, 0.3) is 11.1 Å². The molecule has 4 rings (SSSR count). The van der Waals surface area contributed by atoms with Gasteiger partial charge in [0.05, 0.1) is 21.3 Å². The smallest absolute Gasteiger partial charge is 0.203 e. The summed E-state index contributed by atoms with van der Waals surface area (Å²) < 4.78 is 16.4. The maximum atomic E-state index is 8.35. The summed E-state index contributed by atoms with van der Waals surface area (Å²) in [5.41, 5.74) is 3.08. The molecule has 2 aromatic carbocycles. The van der Waals surface area contributed by atoms with Crippen molar-refractivity contribution in [3.05, 3.63) is 35.9 Å². The number of benzene rings is 2.